The number of anilines is 1. The molecule has 0 bridgehead atoms. The van der Waals surface area contributed by atoms with Crippen molar-refractivity contribution in [1.82, 2.24) is 4.90 Å². The first-order valence-corrected chi connectivity index (χ1v) is 11.6. The minimum absolute atomic E-state index is 0.127. The molecule has 0 radical (unpaired) electrons. The van der Waals surface area contributed by atoms with E-state index in [2.05, 4.69) is 35.3 Å². The molecule has 1 atom stereocenters. The van der Waals surface area contributed by atoms with Crippen molar-refractivity contribution in [2.45, 2.75) is 19.4 Å². The summed E-state index contributed by atoms with van der Waals surface area (Å²) in [7, 11) is 4.94. The second kappa shape index (κ2) is 10.7. The summed E-state index contributed by atoms with van der Waals surface area (Å²) in [5.41, 5.74) is 4.44. The van der Waals surface area contributed by atoms with Crippen LogP contribution in [0.4, 0.5) is 5.69 Å². The summed E-state index contributed by atoms with van der Waals surface area (Å²) in [6.45, 7) is 3.20. The number of hydrogen-bond acceptors (Lipinski definition) is 5. The van der Waals surface area contributed by atoms with Gasteiger partial charge in [-0.05, 0) is 78.7 Å². The average Bonchev–Trinajstić information content (AvgIpc) is 2.86. The number of para-hydroxylation sites is 2. The van der Waals surface area contributed by atoms with Crippen molar-refractivity contribution >= 4 is 23.0 Å². The van der Waals surface area contributed by atoms with Crippen molar-refractivity contribution in [2.24, 2.45) is 0 Å². The van der Waals surface area contributed by atoms with Crippen LogP contribution in [0.15, 0.2) is 60.7 Å². The van der Waals surface area contributed by atoms with Crippen LogP contribution in [-0.2, 0) is 6.42 Å². The van der Waals surface area contributed by atoms with Crippen LogP contribution in [-0.4, -0.2) is 44.5 Å². The molecule has 0 amide bonds. The van der Waals surface area contributed by atoms with Gasteiger partial charge in [0.2, 0.25) is 0 Å². The van der Waals surface area contributed by atoms with Crippen molar-refractivity contribution in [3.8, 4) is 23.0 Å². The number of thiocarbonyl (C=S) groups is 1. The number of aryl methyl sites for hydroxylation is 1. The van der Waals surface area contributed by atoms with Crippen LogP contribution in [0.3, 0.4) is 0 Å². The maximum Gasteiger partial charge on any atom is 0.174 e. The highest BCUT2D eigenvalue weighted by molar-refractivity contribution is 7.80. The minimum atomic E-state index is -0.127. The summed E-state index contributed by atoms with van der Waals surface area (Å²) >= 11 is 5.87. The topological polar surface area (TPSA) is 52.2 Å². The number of rotatable bonds is 7. The van der Waals surface area contributed by atoms with Gasteiger partial charge < -0.3 is 29.2 Å². The summed E-state index contributed by atoms with van der Waals surface area (Å²) in [5, 5.41) is 4.06. The fourth-order valence-electron chi connectivity index (χ4n) is 4.28. The molecule has 7 heteroatoms. The number of benzene rings is 3. The number of methoxy groups -OCH3 is 3. The van der Waals surface area contributed by atoms with Gasteiger partial charge in [0.05, 0.1) is 27.4 Å². The molecular weight excluding hydrogens is 448 g/mol. The largest absolute Gasteiger partial charge is 0.493 e. The van der Waals surface area contributed by atoms with E-state index in [1.165, 1.54) is 11.1 Å². The van der Waals surface area contributed by atoms with E-state index < -0.39 is 0 Å². The summed E-state index contributed by atoms with van der Waals surface area (Å²) in [5.74, 6) is 2.79. The molecule has 1 heterocycles. The molecule has 0 fully saturated rings. The van der Waals surface area contributed by atoms with E-state index in [4.69, 9.17) is 31.2 Å². The first kappa shape index (κ1) is 23.7. The van der Waals surface area contributed by atoms with E-state index in [9.17, 15) is 0 Å². The van der Waals surface area contributed by atoms with Crippen LogP contribution < -0.4 is 24.3 Å². The molecule has 1 aliphatic heterocycles. The van der Waals surface area contributed by atoms with Crippen molar-refractivity contribution < 1.29 is 18.9 Å². The molecule has 0 saturated heterocycles. The minimum Gasteiger partial charge on any atom is -0.493 e. The lowest BCUT2D eigenvalue weighted by molar-refractivity contribution is 0.185. The molecule has 0 aromatic heterocycles. The van der Waals surface area contributed by atoms with Gasteiger partial charge in [0.1, 0.15) is 6.61 Å². The smallest absolute Gasteiger partial charge is 0.174 e. The summed E-state index contributed by atoms with van der Waals surface area (Å²) in [6, 6.07) is 19.8. The van der Waals surface area contributed by atoms with Gasteiger partial charge in [-0.3, -0.25) is 0 Å². The number of ether oxygens (including phenoxy) is 4. The van der Waals surface area contributed by atoms with Crippen molar-refractivity contribution in [3.63, 3.8) is 0 Å². The Labute approximate surface area is 206 Å². The van der Waals surface area contributed by atoms with Crippen LogP contribution in [0.25, 0.3) is 0 Å². The van der Waals surface area contributed by atoms with Crippen molar-refractivity contribution in [3.05, 3.63) is 77.4 Å². The Morgan fingerprint density at radius 3 is 2.32 bits per heavy atom. The number of fused-ring (bicyclic) bond motifs is 1. The van der Waals surface area contributed by atoms with Gasteiger partial charge in [-0.25, -0.2) is 0 Å². The molecule has 0 saturated carbocycles. The highest BCUT2D eigenvalue weighted by Gasteiger charge is 2.31. The van der Waals surface area contributed by atoms with Crippen molar-refractivity contribution in [1.29, 1.82) is 0 Å². The molecular formula is C27H30N2O4S. The fourth-order valence-corrected chi connectivity index (χ4v) is 4.61. The summed E-state index contributed by atoms with van der Waals surface area (Å²) < 4.78 is 22.9. The third-order valence-corrected chi connectivity index (χ3v) is 6.34. The Balaban J connectivity index is 1.66. The van der Waals surface area contributed by atoms with Crippen LogP contribution in [0.2, 0.25) is 0 Å². The molecule has 1 N–H and O–H groups in total. The SMILES string of the molecule is COc1cc2c(cc1OC)C(COc1ccccc1OC)N(C(=S)Nc1cccc(C)c1)CC2. The first-order valence-electron chi connectivity index (χ1n) is 11.2. The normalized spacial score (nSPS) is 14.7. The van der Waals surface area contributed by atoms with Gasteiger partial charge in [0.25, 0.3) is 0 Å². The molecule has 0 aliphatic carbocycles. The van der Waals surface area contributed by atoms with Gasteiger partial charge in [-0.2, -0.15) is 0 Å². The third-order valence-electron chi connectivity index (χ3n) is 6.00. The Morgan fingerprint density at radius 2 is 1.62 bits per heavy atom. The quantitative estimate of drug-likeness (QED) is 0.457. The fraction of sp³-hybridized carbons (Fsp3) is 0.296. The maximum absolute atomic E-state index is 6.28. The van der Waals surface area contributed by atoms with Crippen molar-refractivity contribution in [2.75, 3.05) is 39.8 Å². The molecule has 1 unspecified atom stereocenters. The molecule has 3 aromatic carbocycles. The molecule has 6 nitrogen and oxygen atoms in total. The lowest BCUT2D eigenvalue weighted by Crippen LogP contribution is -2.44. The molecule has 3 aromatic rings. The van der Waals surface area contributed by atoms with Gasteiger partial charge in [0.15, 0.2) is 28.1 Å². The second-order valence-electron chi connectivity index (χ2n) is 8.13. The lowest BCUT2D eigenvalue weighted by Gasteiger charge is -2.39. The highest BCUT2D eigenvalue weighted by atomic mass is 32.1. The zero-order valence-electron chi connectivity index (χ0n) is 20.0. The van der Waals surface area contributed by atoms with Crippen LogP contribution in [0.1, 0.15) is 22.7 Å². The van der Waals surface area contributed by atoms with Crippen LogP contribution in [0, 0.1) is 6.92 Å². The van der Waals surface area contributed by atoms with E-state index in [-0.39, 0.29) is 6.04 Å². The Hall–Kier alpha value is -3.45. The van der Waals surface area contributed by atoms with Gasteiger partial charge in [-0.15, -0.1) is 0 Å². The summed E-state index contributed by atoms with van der Waals surface area (Å²) in [4.78, 5) is 2.18. The maximum atomic E-state index is 6.28. The van der Waals surface area contributed by atoms with Gasteiger partial charge >= 0.3 is 0 Å². The average molecular weight is 479 g/mol. The molecule has 0 spiro atoms. The zero-order chi connectivity index (χ0) is 24.1. The van der Waals surface area contributed by atoms with E-state index >= 15 is 0 Å². The third kappa shape index (κ3) is 5.04. The predicted octanol–water partition coefficient (Wildman–Crippen LogP) is 5.40. The van der Waals surface area contributed by atoms with Crippen LogP contribution in [0.5, 0.6) is 23.0 Å². The molecule has 178 valence electrons. The van der Waals surface area contributed by atoms with E-state index in [1.807, 2.05) is 42.5 Å². The molecule has 1 aliphatic rings. The number of nitrogens with zero attached hydrogens (tertiary/aromatic N) is 1. The Morgan fingerprint density at radius 1 is 0.912 bits per heavy atom. The van der Waals surface area contributed by atoms with E-state index in [1.54, 1.807) is 21.3 Å². The first-order chi connectivity index (χ1) is 16.5. The van der Waals surface area contributed by atoms with E-state index in [0.717, 1.165) is 30.0 Å². The second-order valence-corrected chi connectivity index (χ2v) is 8.51. The standard InChI is InChI=1S/C27H30N2O4S/c1-18-8-7-9-20(14-18)28-27(34)29-13-12-19-15-25(31-3)26(32-4)16-21(19)22(29)17-33-24-11-6-5-10-23(24)30-2/h5-11,14-16,22H,12-13,17H2,1-4H3,(H,28,34). The number of hydrogen-bond donors (Lipinski definition) is 1. The molecule has 4 rings (SSSR count). The van der Waals surface area contributed by atoms with E-state index in [0.29, 0.717) is 29.0 Å². The van der Waals surface area contributed by atoms with Crippen LogP contribution >= 0.6 is 12.2 Å². The van der Waals surface area contributed by atoms with Gasteiger partial charge in [0, 0.05) is 12.2 Å². The number of nitrogens with one attached hydrogen (secondary N) is 1. The summed E-state index contributed by atoms with van der Waals surface area (Å²) in [6.07, 6.45) is 0.830. The Kier molecular flexibility index (Phi) is 7.43. The zero-order valence-corrected chi connectivity index (χ0v) is 20.8. The molecule has 34 heavy (non-hydrogen) atoms. The highest BCUT2D eigenvalue weighted by Crippen LogP contribution is 2.39. The monoisotopic (exact) mass is 478 g/mol. The predicted molar refractivity (Wildman–Crippen MR) is 139 cm³/mol. The van der Waals surface area contributed by atoms with Gasteiger partial charge in [-0.1, -0.05) is 24.3 Å². The Bertz CT molecular complexity index is 1170. The lowest BCUT2D eigenvalue weighted by atomic mass is 9.92.